The lowest BCUT2D eigenvalue weighted by molar-refractivity contribution is 0.0705. The molecular weight excluding hydrogens is 326 g/mol. The molecule has 0 radical (unpaired) electrons. The molecule has 1 heterocycles. The maximum absolute atomic E-state index is 12.5. The van der Waals surface area contributed by atoms with Crippen LogP contribution in [-0.4, -0.2) is 60.9 Å². The quantitative estimate of drug-likeness (QED) is 0.884. The first-order valence-electron chi connectivity index (χ1n) is 8.46. The van der Waals surface area contributed by atoms with Crippen molar-refractivity contribution in [3.63, 3.8) is 0 Å². The van der Waals surface area contributed by atoms with Gasteiger partial charge in [-0.3, -0.25) is 9.59 Å². The summed E-state index contributed by atoms with van der Waals surface area (Å²) in [5, 5.41) is 3.26. The molecule has 1 aromatic rings. The summed E-state index contributed by atoms with van der Waals surface area (Å²) in [4.78, 5) is 28.5. The van der Waals surface area contributed by atoms with Gasteiger partial charge >= 0.3 is 0 Å². The number of nitrogens with one attached hydrogen (secondary N) is 1. The SMILES string of the molecule is CCN(CC)C(=O)c1ccc(C(=O)N2CCC(NC)CC2)cc1.Cl. The molecule has 0 bridgehead atoms. The van der Waals surface area contributed by atoms with E-state index in [9.17, 15) is 9.59 Å². The summed E-state index contributed by atoms with van der Waals surface area (Å²) in [6.45, 7) is 6.88. The van der Waals surface area contributed by atoms with E-state index in [1.807, 2.05) is 25.8 Å². The zero-order chi connectivity index (χ0) is 16.8. The number of hydrogen-bond donors (Lipinski definition) is 1. The fourth-order valence-corrected chi connectivity index (χ4v) is 3.00. The van der Waals surface area contributed by atoms with Crippen molar-refractivity contribution >= 4 is 24.2 Å². The van der Waals surface area contributed by atoms with Crippen molar-refractivity contribution in [2.45, 2.75) is 32.7 Å². The maximum Gasteiger partial charge on any atom is 0.253 e. The lowest BCUT2D eigenvalue weighted by Gasteiger charge is -2.31. The number of hydrogen-bond acceptors (Lipinski definition) is 3. The van der Waals surface area contributed by atoms with Crippen LogP contribution in [-0.2, 0) is 0 Å². The van der Waals surface area contributed by atoms with E-state index in [4.69, 9.17) is 0 Å². The van der Waals surface area contributed by atoms with E-state index < -0.39 is 0 Å². The average Bonchev–Trinajstić information content (AvgIpc) is 2.62. The Labute approximate surface area is 150 Å². The van der Waals surface area contributed by atoms with Gasteiger partial charge in [-0.05, 0) is 58.0 Å². The molecule has 2 rings (SSSR count). The third-order valence-electron chi connectivity index (χ3n) is 4.62. The molecule has 6 heteroatoms. The van der Waals surface area contributed by atoms with Crippen molar-refractivity contribution in [3.8, 4) is 0 Å². The van der Waals surface area contributed by atoms with Crippen LogP contribution >= 0.6 is 12.4 Å². The zero-order valence-electron chi connectivity index (χ0n) is 14.7. The smallest absolute Gasteiger partial charge is 0.253 e. The predicted octanol–water partition coefficient (Wildman–Crippen LogP) is 2.41. The van der Waals surface area contributed by atoms with E-state index in [2.05, 4.69) is 5.32 Å². The number of piperidine rings is 1. The maximum atomic E-state index is 12.5. The fraction of sp³-hybridized carbons (Fsp3) is 0.556. The first-order chi connectivity index (χ1) is 11.1. The molecule has 1 aromatic carbocycles. The van der Waals surface area contributed by atoms with Crippen LogP contribution in [0.3, 0.4) is 0 Å². The molecule has 1 aliphatic rings. The van der Waals surface area contributed by atoms with Gasteiger partial charge in [-0.15, -0.1) is 12.4 Å². The Hall–Kier alpha value is -1.59. The standard InChI is InChI=1S/C18H27N3O2.ClH/c1-4-20(5-2)17(22)14-6-8-15(9-7-14)18(23)21-12-10-16(19-3)11-13-21;/h6-9,16,19H,4-5,10-13H2,1-3H3;1H. The van der Waals surface area contributed by atoms with Gasteiger partial charge in [0.05, 0.1) is 0 Å². The normalized spacial score (nSPS) is 14.9. The Bertz CT molecular complexity index is 536. The van der Waals surface area contributed by atoms with Crippen LogP contribution in [0, 0.1) is 0 Å². The van der Waals surface area contributed by atoms with Gasteiger partial charge in [-0.25, -0.2) is 0 Å². The molecular formula is C18H28ClN3O2. The van der Waals surface area contributed by atoms with Crippen LogP contribution < -0.4 is 5.32 Å². The highest BCUT2D eigenvalue weighted by molar-refractivity contribution is 5.97. The van der Waals surface area contributed by atoms with Gasteiger partial charge in [-0.1, -0.05) is 0 Å². The van der Waals surface area contributed by atoms with Gasteiger partial charge in [0.2, 0.25) is 0 Å². The van der Waals surface area contributed by atoms with E-state index in [0.29, 0.717) is 30.3 Å². The first-order valence-corrected chi connectivity index (χ1v) is 8.46. The molecule has 1 aliphatic heterocycles. The van der Waals surface area contributed by atoms with E-state index in [1.165, 1.54) is 0 Å². The predicted molar refractivity (Wildman–Crippen MR) is 98.9 cm³/mol. The number of likely N-dealkylation sites (tertiary alicyclic amines) is 1. The van der Waals surface area contributed by atoms with E-state index in [1.54, 1.807) is 29.2 Å². The molecule has 0 atom stereocenters. The highest BCUT2D eigenvalue weighted by Crippen LogP contribution is 2.15. The number of benzene rings is 1. The summed E-state index contributed by atoms with van der Waals surface area (Å²) in [6.07, 6.45) is 1.97. The van der Waals surface area contributed by atoms with Gasteiger partial charge in [-0.2, -0.15) is 0 Å². The van der Waals surface area contributed by atoms with Gasteiger partial charge in [0.25, 0.3) is 11.8 Å². The Morgan fingerprint density at radius 2 is 1.58 bits per heavy atom. The van der Waals surface area contributed by atoms with Crippen LogP contribution in [0.1, 0.15) is 47.4 Å². The summed E-state index contributed by atoms with van der Waals surface area (Å²) >= 11 is 0. The molecule has 0 unspecified atom stereocenters. The Kier molecular flexibility index (Phi) is 8.22. The minimum Gasteiger partial charge on any atom is -0.339 e. The topological polar surface area (TPSA) is 52.7 Å². The second-order valence-corrected chi connectivity index (χ2v) is 5.91. The number of carbonyl (C=O) groups is 2. The van der Waals surface area contributed by atoms with Crippen molar-refractivity contribution in [2.24, 2.45) is 0 Å². The lowest BCUT2D eigenvalue weighted by atomic mass is 10.0. The highest BCUT2D eigenvalue weighted by Gasteiger charge is 2.23. The number of amides is 2. The molecule has 1 saturated heterocycles. The third kappa shape index (κ3) is 4.71. The van der Waals surface area contributed by atoms with Gasteiger partial charge in [0.1, 0.15) is 0 Å². The first kappa shape index (κ1) is 20.5. The molecule has 1 N–H and O–H groups in total. The van der Waals surface area contributed by atoms with Crippen molar-refractivity contribution in [2.75, 3.05) is 33.2 Å². The van der Waals surface area contributed by atoms with Crippen molar-refractivity contribution in [1.82, 2.24) is 15.1 Å². The minimum absolute atomic E-state index is 0. The summed E-state index contributed by atoms with van der Waals surface area (Å²) in [5.74, 6) is 0.0743. The average molecular weight is 354 g/mol. The minimum atomic E-state index is 0. The van der Waals surface area contributed by atoms with E-state index >= 15 is 0 Å². The van der Waals surface area contributed by atoms with Crippen molar-refractivity contribution in [3.05, 3.63) is 35.4 Å². The zero-order valence-corrected chi connectivity index (χ0v) is 15.6. The van der Waals surface area contributed by atoms with Crippen LogP contribution in [0.2, 0.25) is 0 Å². The van der Waals surface area contributed by atoms with E-state index in [0.717, 1.165) is 25.9 Å². The molecule has 1 fully saturated rings. The van der Waals surface area contributed by atoms with Crippen molar-refractivity contribution < 1.29 is 9.59 Å². The largest absolute Gasteiger partial charge is 0.339 e. The van der Waals surface area contributed by atoms with Crippen molar-refractivity contribution in [1.29, 1.82) is 0 Å². The molecule has 24 heavy (non-hydrogen) atoms. The van der Waals surface area contributed by atoms with Crippen LogP contribution in [0.4, 0.5) is 0 Å². The summed E-state index contributed by atoms with van der Waals surface area (Å²) in [5.41, 5.74) is 1.29. The van der Waals surface area contributed by atoms with Crippen LogP contribution in [0.5, 0.6) is 0 Å². The second kappa shape index (κ2) is 9.64. The number of nitrogens with zero attached hydrogens (tertiary/aromatic N) is 2. The Morgan fingerprint density at radius 3 is 2.04 bits per heavy atom. The van der Waals surface area contributed by atoms with Crippen LogP contribution in [0.15, 0.2) is 24.3 Å². The van der Waals surface area contributed by atoms with Gasteiger partial charge < -0.3 is 15.1 Å². The monoisotopic (exact) mass is 353 g/mol. The fourth-order valence-electron chi connectivity index (χ4n) is 3.00. The van der Waals surface area contributed by atoms with Crippen LogP contribution in [0.25, 0.3) is 0 Å². The second-order valence-electron chi connectivity index (χ2n) is 5.91. The summed E-state index contributed by atoms with van der Waals surface area (Å²) < 4.78 is 0. The van der Waals surface area contributed by atoms with E-state index in [-0.39, 0.29) is 24.2 Å². The molecule has 5 nitrogen and oxygen atoms in total. The lowest BCUT2D eigenvalue weighted by Crippen LogP contribution is -2.43. The third-order valence-corrected chi connectivity index (χ3v) is 4.62. The molecule has 0 aliphatic carbocycles. The van der Waals surface area contributed by atoms with Gasteiger partial charge in [0.15, 0.2) is 0 Å². The summed E-state index contributed by atoms with van der Waals surface area (Å²) in [7, 11) is 1.97. The molecule has 0 spiro atoms. The Balaban J connectivity index is 0.00000288. The summed E-state index contributed by atoms with van der Waals surface area (Å²) in [6, 6.07) is 7.56. The van der Waals surface area contributed by atoms with Gasteiger partial charge in [0, 0.05) is 43.3 Å². The number of halogens is 1. The molecule has 0 aromatic heterocycles. The molecule has 2 amide bonds. The highest BCUT2D eigenvalue weighted by atomic mass is 35.5. The molecule has 0 saturated carbocycles. The number of rotatable bonds is 5. The number of carbonyl (C=O) groups excluding carboxylic acids is 2. The Morgan fingerprint density at radius 1 is 1.08 bits per heavy atom. The molecule has 134 valence electrons.